The van der Waals surface area contributed by atoms with Crippen LogP contribution < -0.4 is 9.80 Å². The zero-order valence-electron chi connectivity index (χ0n) is 16.3. The highest BCUT2D eigenvalue weighted by Crippen LogP contribution is 2.33. The molecule has 0 radical (unpaired) electrons. The molecule has 11 heteroatoms. The minimum absolute atomic E-state index is 0.277. The standard InChI is InChI=1S/C20H21Cl2NO8/c1-10(25)23(31-20-19(28)18(27)17(26)16(9-24)30-20)12-3-5-13(6-4-12)29-15-7-2-11(21)8-14(15)22/h2-8,16-20,24,26-28H,9H2,1H3. The minimum atomic E-state index is -1.66. The topological polar surface area (TPSA) is 129 Å². The van der Waals surface area contributed by atoms with Crippen LogP contribution in [0.1, 0.15) is 6.92 Å². The van der Waals surface area contributed by atoms with Crippen LogP contribution in [-0.4, -0.2) is 63.6 Å². The van der Waals surface area contributed by atoms with Crippen LogP contribution in [0.3, 0.4) is 0 Å². The number of aliphatic hydroxyl groups is 4. The van der Waals surface area contributed by atoms with E-state index in [9.17, 15) is 25.2 Å². The average molecular weight is 474 g/mol. The van der Waals surface area contributed by atoms with E-state index in [1.165, 1.54) is 19.1 Å². The second-order valence-corrected chi connectivity index (χ2v) is 7.63. The molecule has 1 aliphatic rings. The van der Waals surface area contributed by atoms with Gasteiger partial charge in [-0.2, -0.15) is 5.06 Å². The number of aliphatic hydroxyl groups excluding tert-OH is 4. The monoisotopic (exact) mass is 473 g/mol. The number of ether oxygens (including phenoxy) is 2. The van der Waals surface area contributed by atoms with Crippen LogP contribution in [0.5, 0.6) is 11.5 Å². The molecule has 1 saturated heterocycles. The molecular formula is C20H21Cl2NO8. The summed E-state index contributed by atoms with van der Waals surface area (Å²) >= 11 is 12.0. The number of rotatable bonds is 6. The van der Waals surface area contributed by atoms with Crippen molar-refractivity contribution in [3.05, 3.63) is 52.5 Å². The lowest BCUT2D eigenvalue weighted by Crippen LogP contribution is -2.60. The fraction of sp³-hybridized carbons (Fsp3) is 0.350. The van der Waals surface area contributed by atoms with Gasteiger partial charge in [0.1, 0.15) is 35.9 Å². The molecule has 4 N–H and O–H groups in total. The van der Waals surface area contributed by atoms with E-state index >= 15 is 0 Å². The second-order valence-electron chi connectivity index (χ2n) is 6.79. The summed E-state index contributed by atoms with van der Waals surface area (Å²) in [6.45, 7) is 0.603. The van der Waals surface area contributed by atoms with Crippen molar-refractivity contribution in [2.24, 2.45) is 0 Å². The fourth-order valence-corrected chi connectivity index (χ4v) is 3.36. The number of nitrogens with zero attached hydrogens (tertiary/aromatic N) is 1. The molecule has 2 aromatic carbocycles. The molecule has 1 heterocycles. The molecule has 0 bridgehead atoms. The highest BCUT2D eigenvalue weighted by molar-refractivity contribution is 6.35. The van der Waals surface area contributed by atoms with Gasteiger partial charge in [0.25, 0.3) is 0 Å². The molecule has 2 aromatic rings. The lowest BCUT2D eigenvalue weighted by Gasteiger charge is -2.40. The van der Waals surface area contributed by atoms with Crippen molar-refractivity contribution in [3.8, 4) is 11.5 Å². The first-order valence-electron chi connectivity index (χ1n) is 9.22. The van der Waals surface area contributed by atoms with Gasteiger partial charge < -0.3 is 29.9 Å². The molecule has 0 saturated carbocycles. The van der Waals surface area contributed by atoms with Crippen molar-refractivity contribution < 1.29 is 39.5 Å². The number of benzene rings is 2. The van der Waals surface area contributed by atoms with E-state index in [0.29, 0.717) is 21.5 Å². The van der Waals surface area contributed by atoms with E-state index in [2.05, 4.69) is 0 Å². The summed E-state index contributed by atoms with van der Waals surface area (Å²) in [6.07, 6.45) is -7.51. The van der Waals surface area contributed by atoms with Gasteiger partial charge in [-0.15, -0.1) is 0 Å². The first-order valence-corrected chi connectivity index (χ1v) is 9.97. The Morgan fingerprint density at radius 2 is 1.74 bits per heavy atom. The Bertz CT molecular complexity index is 911. The molecule has 3 rings (SSSR count). The number of hydroxylamine groups is 1. The third-order valence-electron chi connectivity index (χ3n) is 4.54. The van der Waals surface area contributed by atoms with E-state index < -0.39 is 43.2 Å². The van der Waals surface area contributed by atoms with Crippen molar-refractivity contribution >= 4 is 34.8 Å². The van der Waals surface area contributed by atoms with Crippen LogP contribution in [-0.2, 0) is 14.4 Å². The Morgan fingerprint density at radius 3 is 2.32 bits per heavy atom. The van der Waals surface area contributed by atoms with E-state index in [0.717, 1.165) is 5.06 Å². The molecule has 0 aliphatic carbocycles. The molecular weight excluding hydrogens is 453 g/mol. The maximum atomic E-state index is 12.1. The highest BCUT2D eigenvalue weighted by Gasteiger charge is 2.45. The van der Waals surface area contributed by atoms with Gasteiger partial charge in [0.2, 0.25) is 12.2 Å². The van der Waals surface area contributed by atoms with Crippen LogP contribution >= 0.6 is 23.2 Å². The van der Waals surface area contributed by atoms with Gasteiger partial charge in [0.15, 0.2) is 0 Å². The number of carbonyl (C=O) groups is 1. The maximum absolute atomic E-state index is 12.1. The summed E-state index contributed by atoms with van der Waals surface area (Å²) < 4.78 is 11.0. The Balaban J connectivity index is 1.75. The first kappa shape index (κ1) is 23.7. The number of halogens is 2. The van der Waals surface area contributed by atoms with Gasteiger partial charge in [-0.1, -0.05) is 23.2 Å². The number of hydrogen-bond donors (Lipinski definition) is 4. The summed E-state index contributed by atoms with van der Waals surface area (Å²) in [5, 5.41) is 40.8. The predicted octanol–water partition coefficient (Wildman–Crippen LogP) is 1.87. The first-order chi connectivity index (χ1) is 14.7. The number of carbonyl (C=O) groups excluding carboxylic acids is 1. The molecule has 9 nitrogen and oxygen atoms in total. The van der Waals surface area contributed by atoms with E-state index in [1.54, 1.807) is 30.3 Å². The lowest BCUT2D eigenvalue weighted by molar-refractivity contribution is -0.302. The average Bonchev–Trinajstić information content (AvgIpc) is 2.74. The Morgan fingerprint density at radius 1 is 1.06 bits per heavy atom. The fourth-order valence-electron chi connectivity index (χ4n) is 2.91. The number of hydrogen-bond acceptors (Lipinski definition) is 8. The van der Waals surface area contributed by atoms with Gasteiger partial charge in [0, 0.05) is 11.9 Å². The van der Waals surface area contributed by atoms with Gasteiger partial charge in [-0.3, -0.25) is 4.79 Å². The Hall–Kier alpha value is -1.95. The van der Waals surface area contributed by atoms with Crippen LogP contribution in [0.2, 0.25) is 10.0 Å². The van der Waals surface area contributed by atoms with Gasteiger partial charge >= 0.3 is 0 Å². The third-order valence-corrected chi connectivity index (χ3v) is 5.07. The minimum Gasteiger partial charge on any atom is -0.456 e. The van der Waals surface area contributed by atoms with Crippen molar-refractivity contribution in [2.45, 2.75) is 37.6 Å². The molecule has 0 spiro atoms. The Kier molecular flexibility index (Phi) is 7.73. The molecule has 168 valence electrons. The molecule has 5 atom stereocenters. The molecule has 1 amide bonds. The zero-order valence-corrected chi connectivity index (χ0v) is 17.8. The molecule has 5 unspecified atom stereocenters. The predicted molar refractivity (Wildman–Crippen MR) is 111 cm³/mol. The lowest BCUT2D eigenvalue weighted by atomic mass is 9.99. The van der Waals surface area contributed by atoms with E-state index in [4.69, 9.17) is 37.5 Å². The highest BCUT2D eigenvalue weighted by atomic mass is 35.5. The molecule has 1 fully saturated rings. The summed E-state index contributed by atoms with van der Waals surface area (Å²) in [5.41, 5.74) is 0.277. The van der Waals surface area contributed by atoms with Gasteiger partial charge in [-0.05, 0) is 42.5 Å². The summed E-state index contributed by atoms with van der Waals surface area (Å²) in [7, 11) is 0. The quantitative estimate of drug-likeness (QED) is 0.468. The summed E-state index contributed by atoms with van der Waals surface area (Å²) in [5.74, 6) is 0.260. The summed E-state index contributed by atoms with van der Waals surface area (Å²) in [4.78, 5) is 17.6. The molecule has 0 aromatic heterocycles. The van der Waals surface area contributed by atoms with Crippen LogP contribution in [0, 0.1) is 0 Å². The van der Waals surface area contributed by atoms with Gasteiger partial charge in [0.05, 0.1) is 17.3 Å². The van der Waals surface area contributed by atoms with E-state index in [1.807, 2.05) is 0 Å². The third kappa shape index (κ3) is 5.46. The van der Waals surface area contributed by atoms with Crippen molar-refractivity contribution in [1.29, 1.82) is 0 Å². The molecule has 1 aliphatic heterocycles. The normalized spacial score (nSPS) is 25.8. The smallest absolute Gasteiger partial charge is 0.247 e. The van der Waals surface area contributed by atoms with E-state index in [-0.39, 0.29) is 5.69 Å². The maximum Gasteiger partial charge on any atom is 0.247 e. The van der Waals surface area contributed by atoms with Crippen LogP contribution in [0.4, 0.5) is 5.69 Å². The van der Waals surface area contributed by atoms with Crippen molar-refractivity contribution in [2.75, 3.05) is 11.7 Å². The largest absolute Gasteiger partial charge is 0.456 e. The Labute approximate surface area is 187 Å². The van der Waals surface area contributed by atoms with Crippen LogP contribution in [0.25, 0.3) is 0 Å². The zero-order chi connectivity index (χ0) is 22.7. The van der Waals surface area contributed by atoms with Crippen LogP contribution in [0.15, 0.2) is 42.5 Å². The van der Waals surface area contributed by atoms with Crippen molar-refractivity contribution in [1.82, 2.24) is 0 Å². The molecule has 31 heavy (non-hydrogen) atoms. The summed E-state index contributed by atoms with van der Waals surface area (Å²) in [6, 6.07) is 10.9. The number of amides is 1. The SMILES string of the molecule is CC(=O)N(OC1OC(CO)C(O)C(O)C1O)c1ccc(Oc2ccc(Cl)cc2Cl)cc1. The number of anilines is 1. The van der Waals surface area contributed by atoms with Gasteiger partial charge in [-0.25, -0.2) is 4.84 Å². The van der Waals surface area contributed by atoms with Crippen molar-refractivity contribution in [3.63, 3.8) is 0 Å². The second kappa shape index (κ2) is 10.1.